The number of alkyl halides is 3. The molecule has 222 valence electrons. The van der Waals surface area contributed by atoms with Crippen LogP contribution in [-0.4, -0.2) is 33.8 Å². The van der Waals surface area contributed by atoms with E-state index < -0.39 is 28.9 Å². The normalized spacial score (nSPS) is 14.8. The van der Waals surface area contributed by atoms with Crippen molar-refractivity contribution in [2.24, 2.45) is 0 Å². The molecule has 1 aromatic carbocycles. The zero-order valence-corrected chi connectivity index (χ0v) is 25.3. The summed E-state index contributed by atoms with van der Waals surface area (Å²) in [6, 6.07) is 9.28. The molecule has 0 fully saturated rings. The summed E-state index contributed by atoms with van der Waals surface area (Å²) < 4.78 is 42.0. The van der Waals surface area contributed by atoms with Crippen LogP contribution in [0.3, 0.4) is 0 Å². The summed E-state index contributed by atoms with van der Waals surface area (Å²) in [6.07, 6.45) is 0.404. The smallest absolute Gasteiger partial charge is 0.397 e. The van der Waals surface area contributed by atoms with Crippen molar-refractivity contribution in [3.8, 4) is 0 Å². The Morgan fingerprint density at radius 2 is 1.76 bits per heavy atom. The van der Waals surface area contributed by atoms with Gasteiger partial charge in [-0.2, -0.15) is 13.2 Å². The topological polar surface area (TPSA) is 75.1 Å². The van der Waals surface area contributed by atoms with Gasteiger partial charge in [0.15, 0.2) is 0 Å². The largest absolute Gasteiger partial charge is 0.481 e. The molecule has 0 saturated carbocycles. The van der Waals surface area contributed by atoms with Crippen molar-refractivity contribution in [2.75, 3.05) is 11.9 Å². The van der Waals surface area contributed by atoms with Crippen LogP contribution in [0.2, 0.25) is 0 Å². The van der Waals surface area contributed by atoms with Crippen molar-refractivity contribution in [3.63, 3.8) is 0 Å². The van der Waals surface area contributed by atoms with Gasteiger partial charge < -0.3 is 10.4 Å². The predicted octanol–water partition coefficient (Wildman–Crippen LogP) is 8.01. The first-order valence-electron chi connectivity index (χ1n) is 14.2. The maximum Gasteiger partial charge on any atom is 0.397 e. The monoisotopic (exact) mass is 587 g/mol. The summed E-state index contributed by atoms with van der Waals surface area (Å²) in [5.41, 5.74) is 2.11. The SMILES string of the molecule is CC(C)(C)c1cc(C(CC(=O)O)Cc2csc(CCCc3ccc4c(n3)NCCC4)n2)cc(C(C)(C)C(F)(F)F)c1. The third kappa shape index (κ3) is 7.67. The predicted molar refractivity (Wildman–Crippen MR) is 158 cm³/mol. The van der Waals surface area contributed by atoms with Crippen LogP contribution in [0, 0.1) is 0 Å². The minimum atomic E-state index is -4.45. The Kier molecular flexibility index (Phi) is 9.16. The Morgan fingerprint density at radius 3 is 2.44 bits per heavy atom. The van der Waals surface area contributed by atoms with Crippen LogP contribution < -0.4 is 5.32 Å². The van der Waals surface area contributed by atoms with Crippen molar-refractivity contribution in [1.82, 2.24) is 9.97 Å². The Hall–Kier alpha value is -2.94. The summed E-state index contributed by atoms with van der Waals surface area (Å²) in [5.74, 6) is -0.498. The van der Waals surface area contributed by atoms with Gasteiger partial charge >= 0.3 is 12.1 Å². The minimum absolute atomic E-state index is 0.146. The third-order valence-electron chi connectivity index (χ3n) is 7.97. The lowest BCUT2D eigenvalue weighted by atomic mass is 9.76. The van der Waals surface area contributed by atoms with Gasteiger partial charge in [0.1, 0.15) is 5.82 Å². The van der Waals surface area contributed by atoms with E-state index in [1.807, 2.05) is 32.2 Å². The van der Waals surface area contributed by atoms with E-state index in [1.165, 1.54) is 19.4 Å². The molecule has 5 nitrogen and oxygen atoms in total. The molecule has 0 radical (unpaired) electrons. The van der Waals surface area contributed by atoms with E-state index in [4.69, 9.17) is 9.97 Å². The standard InChI is InChI=1S/C32H40F3N3O2S/c1-30(2,3)23-14-21(15-24(18-23)31(4,5)32(33,34)35)22(17-28(39)40)16-26-19-41-27(37-26)10-6-9-25-12-11-20-8-7-13-36-29(20)38-25/h11-12,14-15,18-19,22H,6-10,13,16-17H2,1-5H3,(H,36,38)(H,39,40). The number of hydrogen-bond acceptors (Lipinski definition) is 5. The Labute approximate surface area is 244 Å². The fourth-order valence-corrected chi connectivity index (χ4v) is 5.96. The quantitative estimate of drug-likeness (QED) is 0.251. The van der Waals surface area contributed by atoms with Crippen molar-refractivity contribution in [1.29, 1.82) is 0 Å². The highest BCUT2D eigenvalue weighted by atomic mass is 32.1. The van der Waals surface area contributed by atoms with E-state index >= 15 is 0 Å². The molecule has 1 aliphatic rings. The van der Waals surface area contributed by atoms with Crippen LogP contribution in [0.25, 0.3) is 0 Å². The van der Waals surface area contributed by atoms with E-state index in [2.05, 4.69) is 17.4 Å². The summed E-state index contributed by atoms with van der Waals surface area (Å²) in [6.45, 7) is 9.15. The Balaban J connectivity index is 1.51. The number of aryl methyl sites for hydroxylation is 3. The lowest BCUT2D eigenvalue weighted by molar-refractivity contribution is -0.180. The van der Waals surface area contributed by atoms with Crippen LogP contribution >= 0.6 is 11.3 Å². The molecule has 4 rings (SSSR count). The molecule has 9 heteroatoms. The van der Waals surface area contributed by atoms with E-state index in [1.54, 1.807) is 23.5 Å². The van der Waals surface area contributed by atoms with Gasteiger partial charge in [0, 0.05) is 17.6 Å². The summed E-state index contributed by atoms with van der Waals surface area (Å²) in [7, 11) is 0. The van der Waals surface area contributed by atoms with Gasteiger partial charge in [-0.3, -0.25) is 4.79 Å². The van der Waals surface area contributed by atoms with Crippen LogP contribution in [-0.2, 0) is 41.3 Å². The number of halogens is 3. The zero-order chi connectivity index (χ0) is 30.0. The average molecular weight is 588 g/mol. The van der Waals surface area contributed by atoms with E-state index in [0.29, 0.717) is 12.0 Å². The number of nitrogens with zero attached hydrogens (tertiary/aromatic N) is 2. The number of hydrogen-bond donors (Lipinski definition) is 2. The maximum absolute atomic E-state index is 14.0. The van der Waals surface area contributed by atoms with Crippen molar-refractivity contribution < 1.29 is 23.1 Å². The molecule has 0 saturated heterocycles. The molecule has 2 aromatic heterocycles. The van der Waals surface area contributed by atoms with Crippen molar-refractivity contribution in [3.05, 3.63) is 74.4 Å². The van der Waals surface area contributed by atoms with Crippen molar-refractivity contribution >= 4 is 23.1 Å². The first-order valence-corrected chi connectivity index (χ1v) is 15.1. The number of carbonyl (C=O) groups is 1. The van der Waals surface area contributed by atoms with Gasteiger partial charge in [0.25, 0.3) is 0 Å². The lowest BCUT2D eigenvalue weighted by Crippen LogP contribution is -2.37. The molecule has 0 spiro atoms. The second-order valence-electron chi connectivity index (χ2n) is 12.6. The number of fused-ring (bicyclic) bond motifs is 1. The number of benzene rings is 1. The van der Waals surface area contributed by atoms with Gasteiger partial charge in [0.05, 0.1) is 22.5 Å². The molecular formula is C32H40F3N3O2S. The highest BCUT2D eigenvalue weighted by Crippen LogP contribution is 2.43. The van der Waals surface area contributed by atoms with Crippen molar-refractivity contribution in [2.45, 2.75) is 102 Å². The molecule has 1 aliphatic heterocycles. The average Bonchev–Trinajstić information content (AvgIpc) is 3.33. The summed E-state index contributed by atoms with van der Waals surface area (Å²) in [4.78, 5) is 21.4. The van der Waals surface area contributed by atoms with E-state index in [-0.39, 0.29) is 12.0 Å². The summed E-state index contributed by atoms with van der Waals surface area (Å²) >= 11 is 1.54. The van der Waals surface area contributed by atoms with Crippen LogP contribution in [0.1, 0.15) is 98.4 Å². The van der Waals surface area contributed by atoms with Crippen LogP contribution in [0.4, 0.5) is 19.0 Å². The Bertz CT molecular complexity index is 1380. The molecule has 3 aromatic rings. The number of carboxylic acid groups (broad SMARTS) is 1. The van der Waals surface area contributed by atoms with E-state index in [0.717, 1.165) is 66.4 Å². The van der Waals surface area contributed by atoms with E-state index in [9.17, 15) is 23.1 Å². The number of carboxylic acids is 1. The van der Waals surface area contributed by atoms with Gasteiger partial charge in [-0.25, -0.2) is 9.97 Å². The number of nitrogens with one attached hydrogen (secondary N) is 1. The molecule has 2 N–H and O–H groups in total. The number of aromatic nitrogens is 2. The van der Waals surface area contributed by atoms with Crippen LogP contribution in [0.15, 0.2) is 35.7 Å². The van der Waals surface area contributed by atoms with Gasteiger partial charge in [0.2, 0.25) is 0 Å². The Morgan fingerprint density at radius 1 is 1.02 bits per heavy atom. The number of rotatable bonds is 10. The third-order valence-corrected chi connectivity index (χ3v) is 8.93. The summed E-state index contributed by atoms with van der Waals surface area (Å²) in [5, 5.41) is 16.0. The molecule has 0 bridgehead atoms. The number of thiazole rings is 1. The number of aliphatic carboxylic acids is 1. The highest BCUT2D eigenvalue weighted by molar-refractivity contribution is 7.09. The first kappa shape index (κ1) is 31.0. The minimum Gasteiger partial charge on any atom is -0.481 e. The highest BCUT2D eigenvalue weighted by Gasteiger charge is 2.49. The second-order valence-corrected chi connectivity index (χ2v) is 13.6. The number of anilines is 1. The zero-order valence-electron chi connectivity index (χ0n) is 24.5. The molecule has 1 atom stereocenters. The molecule has 0 amide bonds. The second kappa shape index (κ2) is 12.1. The molecular weight excluding hydrogens is 547 g/mol. The van der Waals surface area contributed by atoms with Gasteiger partial charge in [-0.15, -0.1) is 11.3 Å². The van der Waals surface area contributed by atoms with Gasteiger partial charge in [-0.1, -0.05) is 45.0 Å². The fraction of sp³-hybridized carbons (Fsp3) is 0.531. The van der Waals surface area contributed by atoms with Crippen LogP contribution in [0.5, 0.6) is 0 Å². The molecule has 1 unspecified atom stereocenters. The number of pyridine rings is 1. The maximum atomic E-state index is 14.0. The van der Waals surface area contributed by atoms with Gasteiger partial charge in [-0.05, 0) is 92.0 Å². The first-order chi connectivity index (χ1) is 19.1. The molecule has 3 heterocycles. The lowest BCUT2D eigenvalue weighted by Gasteiger charge is -2.32. The fourth-order valence-electron chi connectivity index (χ4n) is 5.10. The molecule has 0 aliphatic carbocycles. The molecule has 41 heavy (non-hydrogen) atoms.